The van der Waals surface area contributed by atoms with Crippen LogP contribution in [0.1, 0.15) is 44.0 Å². The van der Waals surface area contributed by atoms with E-state index in [0.717, 1.165) is 49.2 Å². The number of aromatic nitrogens is 2. The lowest BCUT2D eigenvalue weighted by atomic mass is 10.0. The van der Waals surface area contributed by atoms with Crippen molar-refractivity contribution < 1.29 is 4.74 Å². The van der Waals surface area contributed by atoms with E-state index in [0.29, 0.717) is 11.8 Å². The molecule has 5 nitrogen and oxygen atoms in total. The minimum absolute atomic E-state index is 0.321. The highest BCUT2D eigenvalue weighted by Crippen LogP contribution is 2.23. The smallest absolute Gasteiger partial charge is 0.135 e. The second kappa shape index (κ2) is 6.88. The van der Waals surface area contributed by atoms with Crippen molar-refractivity contribution in [2.24, 2.45) is 5.92 Å². The summed E-state index contributed by atoms with van der Waals surface area (Å²) in [4.78, 5) is 9.22. The fourth-order valence-corrected chi connectivity index (χ4v) is 2.42. The molecule has 1 fully saturated rings. The zero-order valence-corrected chi connectivity index (χ0v) is 13.0. The zero-order valence-electron chi connectivity index (χ0n) is 13.0. The molecule has 0 spiro atoms. The maximum absolute atomic E-state index is 5.52. The average Bonchev–Trinajstić information content (AvgIpc) is 2.47. The van der Waals surface area contributed by atoms with Crippen LogP contribution in [0.4, 0.5) is 11.6 Å². The third-order valence-electron chi connectivity index (χ3n) is 3.73. The van der Waals surface area contributed by atoms with Crippen LogP contribution in [0, 0.1) is 12.8 Å². The Balaban J connectivity index is 2.10. The molecular formula is C15H26N4O. The van der Waals surface area contributed by atoms with Gasteiger partial charge in [0.1, 0.15) is 17.5 Å². The molecule has 1 aromatic rings. The number of nitrogens with zero attached hydrogens (tertiary/aromatic N) is 2. The van der Waals surface area contributed by atoms with E-state index in [4.69, 9.17) is 4.74 Å². The SMILES string of the molecule is CNc1nc(C(C)C)nc(NCC2CCCOC2)c1C. The van der Waals surface area contributed by atoms with Crippen molar-refractivity contribution in [1.29, 1.82) is 0 Å². The standard InChI is InChI=1S/C15H26N4O/c1-10(2)13-18-14(16-4)11(3)15(19-13)17-8-12-6-5-7-20-9-12/h10,12H,5-9H2,1-4H3,(H2,16,17,18,19). The normalized spacial score (nSPS) is 19.1. The Labute approximate surface area is 121 Å². The molecule has 2 heterocycles. The van der Waals surface area contributed by atoms with Gasteiger partial charge in [-0.25, -0.2) is 9.97 Å². The molecule has 1 saturated heterocycles. The summed E-state index contributed by atoms with van der Waals surface area (Å²) >= 11 is 0. The minimum Gasteiger partial charge on any atom is -0.381 e. The summed E-state index contributed by atoms with van der Waals surface area (Å²) in [7, 11) is 1.90. The van der Waals surface area contributed by atoms with Gasteiger partial charge in [-0.3, -0.25) is 0 Å². The lowest BCUT2D eigenvalue weighted by Crippen LogP contribution is -2.25. The molecular weight excluding hydrogens is 252 g/mol. The van der Waals surface area contributed by atoms with E-state index in [9.17, 15) is 0 Å². The third kappa shape index (κ3) is 3.60. The first-order chi connectivity index (χ1) is 9.61. The van der Waals surface area contributed by atoms with E-state index < -0.39 is 0 Å². The van der Waals surface area contributed by atoms with Gasteiger partial charge in [0.2, 0.25) is 0 Å². The van der Waals surface area contributed by atoms with Crippen LogP contribution in [-0.4, -0.2) is 36.8 Å². The molecule has 5 heteroatoms. The van der Waals surface area contributed by atoms with Gasteiger partial charge in [0.05, 0.1) is 6.61 Å². The molecule has 2 rings (SSSR count). The maximum Gasteiger partial charge on any atom is 0.135 e. The van der Waals surface area contributed by atoms with Crippen LogP contribution in [0.3, 0.4) is 0 Å². The Hall–Kier alpha value is -1.36. The van der Waals surface area contributed by atoms with Gasteiger partial charge in [0, 0.05) is 31.7 Å². The summed E-state index contributed by atoms with van der Waals surface area (Å²) in [5.74, 6) is 3.63. The van der Waals surface area contributed by atoms with Gasteiger partial charge in [0.25, 0.3) is 0 Å². The second-order valence-corrected chi connectivity index (χ2v) is 5.77. The quantitative estimate of drug-likeness (QED) is 0.867. The number of rotatable bonds is 5. The van der Waals surface area contributed by atoms with Crippen molar-refractivity contribution in [1.82, 2.24) is 9.97 Å². The molecule has 1 aliphatic heterocycles. The highest BCUT2D eigenvalue weighted by atomic mass is 16.5. The van der Waals surface area contributed by atoms with Crippen molar-refractivity contribution in [2.45, 2.75) is 39.5 Å². The van der Waals surface area contributed by atoms with Gasteiger partial charge in [-0.15, -0.1) is 0 Å². The Bertz CT molecular complexity index is 442. The summed E-state index contributed by atoms with van der Waals surface area (Å²) in [6, 6.07) is 0. The van der Waals surface area contributed by atoms with Gasteiger partial charge in [0.15, 0.2) is 0 Å². The summed E-state index contributed by atoms with van der Waals surface area (Å²) in [5, 5.41) is 6.63. The van der Waals surface area contributed by atoms with Crippen molar-refractivity contribution in [3.63, 3.8) is 0 Å². The van der Waals surface area contributed by atoms with E-state index >= 15 is 0 Å². The van der Waals surface area contributed by atoms with E-state index in [2.05, 4.69) is 41.4 Å². The first-order valence-electron chi connectivity index (χ1n) is 7.49. The summed E-state index contributed by atoms with van der Waals surface area (Å²) in [6.45, 7) is 8.96. The van der Waals surface area contributed by atoms with E-state index in [1.54, 1.807) is 0 Å². The van der Waals surface area contributed by atoms with Gasteiger partial charge >= 0.3 is 0 Å². The van der Waals surface area contributed by atoms with Crippen LogP contribution >= 0.6 is 0 Å². The van der Waals surface area contributed by atoms with Gasteiger partial charge in [-0.05, 0) is 25.7 Å². The molecule has 2 N–H and O–H groups in total. The Morgan fingerprint density at radius 2 is 2.05 bits per heavy atom. The van der Waals surface area contributed by atoms with Crippen LogP contribution in [0.25, 0.3) is 0 Å². The predicted octanol–water partition coefficient (Wildman–Crippen LogP) is 2.79. The molecule has 0 bridgehead atoms. The lowest BCUT2D eigenvalue weighted by molar-refractivity contribution is 0.0594. The Morgan fingerprint density at radius 1 is 1.30 bits per heavy atom. The molecule has 112 valence electrons. The van der Waals surface area contributed by atoms with Crippen molar-refractivity contribution >= 4 is 11.6 Å². The fourth-order valence-electron chi connectivity index (χ4n) is 2.42. The molecule has 0 radical (unpaired) electrons. The summed E-state index contributed by atoms with van der Waals surface area (Å²) in [5.41, 5.74) is 1.08. The summed E-state index contributed by atoms with van der Waals surface area (Å²) in [6.07, 6.45) is 2.39. The van der Waals surface area contributed by atoms with Crippen LogP contribution in [0.5, 0.6) is 0 Å². The number of ether oxygens (including phenoxy) is 1. The molecule has 1 atom stereocenters. The average molecular weight is 278 g/mol. The monoisotopic (exact) mass is 278 g/mol. The molecule has 1 aromatic heterocycles. The molecule has 0 saturated carbocycles. The van der Waals surface area contributed by atoms with Crippen molar-refractivity contribution in [2.75, 3.05) is 37.4 Å². The van der Waals surface area contributed by atoms with Crippen LogP contribution in [-0.2, 0) is 4.74 Å². The number of hydrogen-bond donors (Lipinski definition) is 2. The minimum atomic E-state index is 0.321. The zero-order chi connectivity index (χ0) is 14.5. The van der Waals surface area contributed by atoms with Gasteiger partial charge in [-0.2, -0.15) is 0 Å². The predicted molar refractivity (Wildman–Crippen MR) is 82.4 cm³/mol. The van der Waals surface area contributed by atoms with E-state index in [1.807, 2.05) is 7.05 Å². The van der Waals surface area contributed by atoms with E-state index in [-0.39, 0.29) is 0 Å². The largest absolute Gasteiger partial charge is 0.381 e. The summed E-state index contributed by atoms with van der Waals surface area (Å²) < 4.78 is 5.52. The highest BCUT2D eigenvalue weighted by molar-refractivity contribution is 5.57. The molecule has 0 amide bonds. The topological polar surface area (TPSA) is 59.1 Å². The van der Waals surface area contributed by atoms with Crippen LogP contribution in [0.15, 0.2) is 0 Å². The first kappa shape index (κ1) is 15.0. The van der Waals surface area contributed by atoms with Gasteiger partial charge < -0.3 is 15.4 Å². The lowest BCUT2D eigenvalue weighted by Gasteiger charge is -2.23. The second-order valence-electron chi connectivity index (χ2n) is 5.77. The van der Waals surface area contributed by atoms with E-state index in [1.165, 1.54) is 6.42 Å². The van der Waals surface area contributed by atoms with Gasteiger partial charge in [-0.1, -0.05) is 13.8 Å². The number of anilines is 2. The first-order valence-corrected chi connectivity index (χ1v) is 7.49. The number of nitrogens with one attached hydrogen (secondary N) is 2. The molecule has 20 heavy (non-hydrogen) atoms. The Kier molecular flexibility index (Phi) is 5.17. The van der Waals surface area contributed by atoms with Crippen molar-refractivity contribution in [3.8, 4) is 0 Å². The van der Waals surface area contributed by atoms with Crippen molar-refractivity contribution in [3.05, 3.63) is 11.4 Å². The molecule has 0 aromatic carbocycles. The number of hydrogen-bond acceptors (Lipinski definition) is 5. The molecule has 1 aliphatic rings. The van der Waals surface area contributed by atoms with Crippen LogP contribution in [0.2, 0.25) is 0 Å². The third-order valence-corrected chi connectivity index (χ3v) is 3.73. The Morgan fingerprint density at radius 3 is 2.65 bits per heavy atom. The van der Waals surface area contributed by atoms with Crippen LogP contribution < -0.4 is 10.6 Å². The maximum atomic E-state index is 5.52. The molecule has 0 aliphatic carbocycles. The molecule has 1 unspecified atom stereocenters. The fraction of sp³-hybridized carbons (Fsp3) is 0.733. The highest BCUT2D eigenvalue weighted by Gasteiger charge is 2.16.